The van der Waals surface area contributed by atoms with E-state index in [0.29, 0.717) is 6.54 Å². The van der Waals surface area contributed by atoms with Crippen LogP contribution in [-0.4, -0.2) is 21.1 Å². The molecule has 0 fully saturated rings. The van der Waals surface area contributed by atoms with Crippen molar-refractivity contribution >= 4 is 17.2 Å². The Morgan fingerprint density at radius 2 is 2.33 bits per heavy atom. The van der Waals surface area contributed by atoms with Gasteiger partial charge in [0.15, 0.2) is 0 Å². The molecule has 0 bridgehead atoms. The summed E-state index contributed by atoms with van der Waals surface area (Å²) in [5.74, 6) is 0.736. The molecule has 0 aliphatic carbocycles. The van der Waals surface area contributed by atoms with Gasteiger partial charge in [0.25, 0.3) is 5.91 Å². The second-order valence-electron chi connectivity index (χ2n) is 4.12. The molecule has 18 heavy (non-hydrogen) atoms. The SMILES string of the molecule is CCCc1nc(C(=O)NCc2cscc2C)n[nH]1. The maximum atomic E-state index is 11.8. The first-order chi connectivity index (χ1) is 8.70. The van der Waals surface area contributed by atoms with Gasteiger partial charge in [-0.3, -0.25) is 9.89 Å². The number of aromatic amines is 1. The Labute approximate surface area is 110 Å². The van der Waals surface area contributed by atoms with Gasteiger partial charge in [-0.2, -0.15) is 11.3 Å². The first kappa shape index (κ1) is 12.8. The summed E-state index contributed by atoms with van der Waals surface area (Å²) in [4.78, 5) is 16.0. The molecule has 0 aromatic carbocycles. The molecule has 0 radical (unpaired) electrons. The molecule has 1 amide bonds. The molecule has 2 aromatic rings. The molecule has 0 atom stereocenters. The summed E-state index contributed by atoms with van der Waals surface area (Å²) >= 11 is 1.64. The topological polar surface area (TPSA) is 70.7 Å². The Balaban J connectivity index is 1.93. The van der Waals surface area contributed by atoms with Crippen LogP contribution in [0.15, 0.2) is 10.8 Å². The van der Waals surface area contributed by atoms with Crippen LogP contribution in [0.1, 0.15) is 40.9 Å². The van der Waals surface area contributed by atoms with Gasteiger partial charge in [-0.1, -0.05) is 6.92 Å². The number of amides is 1. The van der Waals surface area contributed by atoms with Gasteiger partial charge in [0.2, 0.25) is 5.82 Å². The lowest BCUT2D eigenvalue weighted by Crippen LogP contribution is -2.24. The van der Waals surface area contributed by atoms with Crippen molar-refractivity contribution in [2.75, 3.05) is 0 Å². The normalized spacial score (nSPS) is 10.6. The number of rotatable bonds is 5. The fraction of sp³-hybridized carbons (Fsp3) is 0.417. The van der Waals surface area contributed by atoms with E-state index in [1.807, 2.05) is 12.3 Å². The number of thiophene rings is 1. The second kappa shape index (κ2) is 5.77. The number of nitrogens with zero attached hydrogens (tertiary/aromatic N) is 2. The molecule has 2 heterocycles. The van der Waals surface area contributed by atoms with E-state index in [1.54, 1.807) is 11.3 Å². The average molecular weight is 264 g/mol. The van der Waals surface area contributed by atoms with E-state index in [-0.39, 0.29) is 11.7 Å². The third-order valence-corrected chi connectivity index (χ3v) is 3.53. The minimum Gasteiger partial charge on any atom is -0.345 e. The third kappa shape index (κ3) is 2.95. The molecule has 0 saturated heterocycles. The zero-order chi connectivity index (χ0) is 13.0. The Bertz CT molecular complexity index is 532. The average Bonchev–Trinajstić information content (AvgIpc) is 2.96. The lowest BCUT2D eigenvalue weighted by atomic mass is 10.2. The van der Waals surface area contributed by atoms with Crippen LogP contribution in [-0.2, 0) is 13.0 Å². The standard InChI is InChI=1S/C12H16N4OS/c1-3-4-10-14-11(16-15-10)12(17)13-5-9-7-18-6-8(9)2/h6-7H,3-5H2,1-2H3,(H,13,17)(H,14,15,16). The number of nitrogens with one attached hydrogen (secondary N) is 2. The lowest BCUT2D eigenvalue weighted by Gasteiger charge is -2.01. The van der Waals surface area contributed by atoms with Crippen molar-refractivity contribution in [1.82, 2.24) is 20.5 Å². The van der Waals surface area contributed by atoms with Gasteiger partial charge in [-0.25, -0.2) is 4.98 Å². The number of carbonyl (C=O) groups excluding carboxylic acids is 1. The summed E-state index contributed by atoms with van der Waals surface area (Å²) in [5.41, 5.74) is 2.33. The zero-order valence-corrected chi connectivity index (χ0v) is 11.3. The summed E-state index contributed by atoms with van der Waals surface area (Å²) in [6.07, 6.45) is 1.79. The van der Waals surface area contributed by atoms with Crippen molar-refractivity contribution < 1.29 is 4.79 Å². The summed E-state index contributed by atoms with van der Waals surface area (Å²) in [7, 11) is 0. The van der Waals surface area contributed by atoms with Crippen LogP contribution in [0.4, 0.5) is 0 Å². The van der Waals surface area contributed by atoms with Crippen LogP contribution in [0, 0.1) is 6.92 Å². The number of carbonyl (C=O) groups is 1. The number of hydrogen-bond donors (Lipinski definition) is 2. The highest BCUT2D eigenvalue weighted by molar-refractivity contribution is 7.08. The molecule has 6 heteroatoms. The molecule has 96 valence electrons. The third-order valence-electron chi connectivity index (χ3n) is 2.62. The minimum absolute atomic E-state index is 0.214. The molecule has 5 nitrogen and oxygen atoms in total. The lowest BCUT2D eigenvalue weighted by molar-refractivity contribution is 0.0941. The van der Waals surface area contributed by atoms with Gasteiger partial charge in [0.1, 0.15) is 5.82 Å². The first-order valence-corrected chi connectivity index (χ1v) is 6.86. The molecule has 0 spiro atoms. The summed E-state index contributed by atoms with van der Waals surface area (Å²) < 4.78 is 0. The van der Waals surface area contributed by atoms with Gasteiger partial charge in [-0.15, -0.1) is 5.10 Å². The van der Waals surface area contributed by atoms with Gasteiger partial charge in [0, 0.05) is 13.0 Å². The Morgan fingerprint density at radius 3 is 3.00 bits per heavy atom. The van der Waals surface area contributed by atoms with Crippen LogP contribution in [0.5, 0.6) is 0 Å². The number of H-pyrrole nitrogens is 1. The second-order valence-corrected chi connectivity index (χ2v) is 4.86. The van der Waals surface area contributed by atoms with E-state index in [4.69, 9.17) is 0 Å². The molecule has 0 aliphatic heterocycles. The fourth-order valence-corrected chi connectivity index (χ4v) is 2.42. The zero-order valence-electron chi connectivity index (χ0n) is 10.5. The number of hydrogen-bond acceptors (Lipinski definition) is 4. The summed E-state index contributed by atoms with van der Waals surface area (Å²) in [5, 5.41) is 13.6. The van der Waals surface area contributed by atoms with E-state index < -0.39 is 0 Å². The Morgan fingerprint density at radius 1 is 1.50 bits per heavy atom. The molecule has 0 saturated carbocycles. The van der Waals surface area contributed by atoms with Crippen LogP contribution in [0.25, 0.3) is 0 Å². The molecular weight excluding hydrogens is 248 g/mol. The molecule has 0 unspecified atom stereocenters. The van der Waals surface area contributed by atoms with Crippen LogP contribution < -0.4 is 5.32 Å². The van der Waals surface area contributed by atoms with Crippen molar-refractivity contribution in [2.45, 2.75) is 33.2 Å². The number of aromatic nitrogens is 3. The Kier molecular flexibility index (Phi) is 4.09. The van der Waals surface area contributed by atoms with Crippen LogP contribution in [0.3, 0.4) is 0 Å². The van der Waals surface area contributed by atoms with Crippen LogP contribution >= 0.6 is 11.3 Å². The quantitative estimate of drug-likeness (QED) is 0.868. The van der Waals surface area contributed by atoms with E-state index in [9.17, 15) is 4.79 Å². The van der Waals surface area contributed by atoms with E-state index in [0.717, 1.165) is 24.2 Å². The van der Waals surface area contributed by atoms with E-state index in [2.05, 4.69) is 32.8 Å². The van der Waals surface area contributed by atoms with Gasteiger partial charge in [0.05, 0.1) is 0 Å². The number of aryl methyl sites for hydroxylation is 2. The molecule has 0 aliphatic rings. The van der Waals surface area contributed by atoms with Crippen LogP contribution in [0.2, 0.25) is 0 Å². The first-order valence-electron chi connectivity index (χ1n) is 5.92. The van der Waals surface area contributed by atoms with Crippen molar-refractivity contribution in [3.63, 3.8) is 0 Å². The minimum atomic E-state index is -0.237. The molecular formula is C12H16N4OS. The predicted octanol–water partition coefficient (Wildman–Crippen LogP) is 2.06. The predicted molar refractivity (Wildman–Crippen MR) is 70.6 cm³/mol. The fourth-order valence-electron chi connectivity index (χ4n) is 1.57. The monoisotopic (exact) mass is 264 g/mol. The maximum absolute atomic E-state index is 11.8. The van der Waals surface area contributed by atoms with Gasteiger partial charge in [-0.05, 0) is 35.2 Å². The van der Waals surface area contributed by atoms with E-state index in [1.165, 1.54) is 5.56 Å². The van der Waals surface area contributed by atoms with Crippen molar-refractivity contribution in [3.8, 4) is 0 Å². The molecule has 2 rings (SSSR count). The molecule has 2 N–H and O–H groups in total. The maximum Gasteiger partial charge on any atom is 0.291 e. The van der Waals surface area contributed by atoms with Gasteiger partial charge < -0.3 is 5.32 Å². The summed E-state index contributed by atoms with van der Waals surface area (Å²) in [6.45, 7) is 4.61. The molecule has 2 aromatic heterocycles. The largest absolute Gasteiger partial charge is 0.345 e. The summed E-state index contributed by atoms with van der Waals surface area (Å²) in [6, 6.07) is 0. The Hall–Kier alpha value is -1.69. The van der Waals surface area contributed by atoms with Gasteiger partial charge >= 0.3 is 0 Å². The highest BCUT2D eigenvalue weighted by atomic mass is 32.1. The van der Waals surface area contributed by atoms with Crippen molar-refractivity contribution in [3.05, 3.63) is 33.5 Å². The van der Waals surface area contributed by atoms with Crippen molar-refractivity contribution in [2.24, 2.45) is 0 Å². The van der Waals surface area contributed by atoms with Crippen molar-refractivity contribution in [1.29, 1.82) is 0 Å². The smallest absolute Gasteiger partial charge is 0.291 e. The highest BCUT2D eigenvalue weighted by Crippen LogP contribution is 2.13. The highest BCUT2D eigenvalue weighted by Gasteiger charge is 2.12. The van der Waals surface area contributed by atoms with E-state index >= 15 is 0 Å².